The van der Waals surface area contributed by atoms with Gasteiger partial charge in [-0.2, -0.15) is 4.31 Å². The van der Waals surface area contributed by atoms with Gasteiger partial charge in [0.25, 0.3) is 0 Å². The number of benzene rings is 1. The highest BCUT2D eigenvalue weighted by molar-refractivity contribution is 7.89. The number of sulfonamides is 1. The molecule has 0 heterocycles. The summed E-state index contributed by atoms with van der Waals surface area (Å²) < 4.78 is 25.7. The molecule has 0 aliphatic carbocycles. The molecule has 0 aliphatic rings. The molecule has 0 saturated carbocycles. The van der Waals surface area contributed by atoms with Crippen molar-refractivity contribution in [2.24, 2.45) is 0 Å². The zero-order chi connectivity index (χ0) is 15.3. The maximum Gasteiger partial charge on any atom is 0.242 e. The van der Waals surface area contributed by atoms with Gasteiger partial charge in [-0.15, -0.1) is 0 Å². The molecule has 1 unspecified atom stereocenters. The first-order valence-electron chi connectivity index (χ1n) is 6.70. The summed E-state index contributed by atoms with van der Waals surface area (Å²) in [7, 11) is -2.06. The molecule has 1 rings (SSSR count). The molecule has 2 N–H and O–H groups in total. The summed E-state index contributed by atoms with van der Waals surface area (Å²) in [6, 6.07) is 7.20. The van der Waals surface area contributed by atoms with Crippen LogP contribution in [0.4, 0.5) is 0 Å². The van der Waals surface area contributed by atoms with Crippen molar-refractivity contribution in [2.45, 2.75) is 44.4 Å². The van der Waals surface area contributed by atoms with Crippen molar-refractivity contribution in [3.63, 3.8) is 0 Å². The van der Waals surface area contributed by atoms with Crippen molar-refractivity contribution in [1.82, 2.24) is 9.62 Å². The van der Waals surface area contributed by atoms with Crippen LogP contribution in [0.3, 0.4) is 0 Å². The number of nitrogens with zero attached hydrogens (tertiary/aromatic N) is 1. The number of nitrogens with one attached hydrogen (secondary N) is 1. The lowest BCUT2D eigenvalue weighted by molar-refractivity contribution is 0.171. The monoisotopic (exact) mass is 300 g/mol. The molecule has 0 spiro atoms. The molecule has 0 fully saturated rings. The van der Waals surface area contributed by atoms with E-state index >= 15 is 0 Å². The van der Waals surface area contributed by atoms with Gasteiger partial charge in [0.15, 0.2) is 0 Å². The van der Waals surface area contributed by atoms with E-state index in [4.69, 9.17) is 0 Å². The van der Waals surface area contributed by atoms with Crippen molar-refractivity contribution >= 4 is 10.0 Å². The smallest absolute Gasteiger partial charge is 0.242 e. The van der Waals surface area contributed by atoms with Crippen LogP contribution in [-0.2, 0) is 16.6 Å². The Balaban J connectivity index is 2.81. The third-order valence-corrected chi connectivity index (χ3v) is 4.70. The van der Waals surface area contributed by atoms with E-state index < -0.39 is 16.1 Å². The van der Waals surface area contributed by atoms with Crippen LogP contribution >= 0.6 is 0 Å². The Hall–Kier alpha value is -0.950. The lowest BCUT2D eigenvalue weighted by Crippen LogP contribution is -2.33. The minimum absolute atomic E-state index is 0.0823. The molecule has 0 radical (unpaired) electrons. The minimum atomic E-state index is -3.53. The molecular weight excluding hydrogens is 276 g/mol. The fourth-order valence-electron chi connectivity index (χ4n) is 1.75. The maximum atomic E-state index is 12.2. The molecule has 0 amide bonds. The maximum absolute atomic E-state index is 12.2. The molecule has 114 valence electrons. The Morgan fingerprint density at radius 3 is 2.20 bits per heavy atom. The topological polar surface area (TPSA) is 69.6 Å². The SMILES string of the molecule is CC(O)CN(C)S(=O)(=O)c1ccc(CNC(C)C)cc1. The standard InChI is InChI=1S/C14H24N2O3S/c1-11(2)15-9-13-5-7-14(8-6-13)20(18,19)16(4)10-12(3)17/h5-8,11-12,15,17H,9-10H2,1-4H3. The van der Waals surface area contributed by atoms with Crippen LogP contribution in [0.2, 0.25) is 0 Å². The average Bonchev–Trinajstić information content (AvgIpc) is 2.36. The number of aliphatic hydroxyl groups excluding tert-OH is 1. The normalized spacial score (nSPS) is 13.9. The second-order valence-corrected chi connectivity index (χ2v) is 7.36. The molecule has 0 aliphatic heterocycles. The summed E-state index contributed by atoms with van der Waals surface area (Å²) in [5.41, 5.74) is 1.04. The van der Waals surface area contributed by atoms with E-state index in [9.17, 15) is 13.5 Å². The number of hydrogen-bond donors (Lipinski definition) is 2. The lowest BCUT2D eigenvalue weighted by atomic mass is 10.2. The predicted molar refractivity (Wildman–Crippen MR) is 79.9 cm³/mol. The lowest BCUT2D eigenvalue weighted by Gasteiger charge is -2.18. The zero-order valence-corrected chi connectivity index (χ0v) is 13.3. The van der Waals surface area contributed by atoms with Crippen LogP contribution < -0.4 is 5.32 Å². The van der Waals surface area contributed by atoms with E-state index in [1.54, 1.807) is 31.2 Å². The van der Waals surface area contributed by atoms with E-state index in [1.165, 1.54) is 11.4 Å². The second kappa shape index (κ2) is 7.17. The fourth-order valence-corrected chi connectivity index (χ4v) is 3.00. The van der Waals surface area contributed by atoms with Gasteiger partial charge in [0.1, 0.15) is 0 Å². The highest BCUT2D eigenvalue weighted by Gasteiger charge is 2.21. The van der Waals surface area contributed by atoms with Crippen LogP contribution in [0.15, 0.2) is 29.2 Å². The fraction of sp³-hybridized carbons (Fsp3) is 0.571. The Bertz CT molecular complexity index is 510. The van der Waals surface area contributed by atoms with Gasteiger partial charge in [-0.1, -0.05) is 26.0 Å². The summed E-state index contributed by atoms with van der Waals surface area (Å²) >= 11 is 0. The van der Waals surface area contributed by atoms with Crippen molar-refractivity contribution in [2.75, 3.05) is 13.6 Å². The van der Waals surface area contributed by atoms with Crippen LogP contribution in [0.25, 0.3) is 0 Å². The third kappa shape index (κ3) is 4.86. The first-order valence-corrected chi connectivity index (χ1v) is 8.14. The van der Waals surface area contributed by atoms with Crippen molar-refractivity contribution < 1.29 is 13.5 Å². The first kappa shape index (κ1) is 17.1. The van der Waals surface area contributed by atoms with E-state index in [0.717, 1.165) is 5.56 Å². The number of aliphatic hydroxyl groups is 1. The van der Waals surface area contributed by atoms with E-state index in [2.05, 4.69) is 19.2 Å². The highest BCUT2D eigenvalue weighted by atomic mass is 32.2. The van der Waals surface area contributed by atoms with Gasteiger partial charge in [0.05, 0.1) is 11.0 Å². The van der Waals surface area contributed by atoms with E-state index in [1.807, 2.05) is 0 Å². The molecule has 0 saturated heterocycles. The zero-order valence-electron chi connectivity index (χ0n) is 12.5. The van der Waals surface area contributed by atoms with Gasteiger partial charge in [-0.05, 0) is 24.6 Å². The van der Waals surface area contributed by atoms with E-state index in [-0.39, 0.29) is 11.4 Å². The molecule has 0 aromatic heterocycles. The van der Waals surface area contributed by atoms with Crippen LogP contribution in [0.5, 0.6) is 0 Å². The first-order chi connectivity index (χ1) is 9.23. The highest BCUT2D eigenvalue weighted by Crippen LogP contribution is 2.15. The summed E-state index contributed by atoms with van der Waals surface area (Å²) in [5.74, 6) is 0. The minimum Gasteiger partial charge on any atom is -0.392 e. The van der Waals surface area contributed by atoms with Gasteiger partial charge in [-0.25, -0.2) is 8.42 Å². The molecular formula is C14H24N2O3S. The quantitative estimate of drug-likeness (QED) is 0.793. The molecule has 20 heavy (non-hydrogen) atoms. The van der Waals surface area contributed by atoms with Gasteiger partial charge in [0, 0.05) is 26.2 Å². The second-order valence-electron chi connectivity index (χ2n) is 5.31. The molecule has 0 bridgehead atoms. The predicted octanol–water partition coefficient (Wildman–Crippen LogP) is 1.19. The number of hydrogen-bond acceptors (Lipinski definition) is 4. The Morgan fingerprint density at radius 2 is 1.75 bits per heavy atom. The summed E-state index contributed by atoms with van der Waals surface area (Å²) in [6.07, 6.45) is -0.690. The molecule has 1 atom stereocenters. The summed E-state index contributed by atoms with van der Waals surface area (Å²) in [4.78, 5) is 0.244. The summed E-state index contributed by atoms with van der Waals surface area (Å²) in [6.45, 7) is 6.47. The van der Waals surface area contributed by atoms with Gasteiger partial charge < -0.3 is 10.4 Å². The Kier molecular flexibility index (Phi) is 6.13. The largest absolute Gasteiger partial charge is 0.392 e. The summed E-state index contributed by atoms with van der Waals surface area (Å²) in [5, 5.41) is 12.6. The van der Waals surface area contributed by atoms with Crippen molar-refractivity contribution in [3.05, 3.63) is 29.8 Å². The van der Waals surface area contributed by atoms with Crippen molar-refractivity contribution in [1.29, 1.82) is 0 Å². The Morgan fingerprint density at radius 1 is 1.20 bits per heavy atom. The average molecular weight is 300 g/mol. The van der Waals surface area contributed by atoms with Crippen LogP contribution in [-0.4, -0.2) is 43.6 Å². The molecule has 5 nitrogen and oxygen atoms in total. The van der Waals surface area contributed by atoms with Gasteiger partial charge >= 0.3 is 0 Å². The molecule has 6 heteroatoms. The number of likely N-dealkylation sites (N-methyl/N-ethyl adjacent to an activating group) is 1. The molecule has 1 aromatic rings. The van der Waals surface area contributed by atoms with Crippen LogP contribution in [0, 0.1) is 0 Å². The molecule has 1 aromatic carbocycles. The van der Waals surface area contributed by atoms with Crippen LogP contribution in [0.1, 0.15) is 26.3 Å². The number of rotatable bonds is 7. The Labute approximate surface area is 121 Å². The van der Waals surface area contributed by atoms with Crippen molar-refractivity contribution in [3.8, 4) is 0 Å². The van der Waals surface area contributed by atoms with Gasteiger partial charge in [0.2, 0.25) is 10.0 Å². The van der Waals surface area contributed by atoms with E-state index in [0.29, 0.717) is 12.6 Å². The van der Waals surface area contributed by atoms with Gasteiger partial charge in [-0.3, -0.25) is 0 Å². The third-order valence-electron chi connectivity index (χ3n) is 2.87.